The van der Waals surface area contributed by atoms with E-state index in [4.69, 9.17) is 0 Å². The number of rotatable bonds is 9. The summed E-state index contributed by atoms with van der Waals surface area (Å²) >= 11 is 0. The summed E-state index contributed by atoms with van der Waals surface area (Å²) < 4.78 is 193. The van der Waals surface area contributed by atoms with Crippen LogP contribution >= 0.6 is 0 Å². The molecule has 0 spiro atoms. The van der Waals surface area contributed by atoms with Crippen LogP contribution in [0.3, 0.4) is 0 Å². The summed E-state index contributed by atoms with van der Waals surface area (Å²) in [6.45, 7) is 0. The molecule has 5 nitrogen and oxygen atoms in total. The van der Waals surface area contributed by atoms with E-state index in [0.29, 0.717) is 24.3 Å². The SMILES string of the molecule is O=[N+]([O-])c1ccc(S(=O)(=O)CCC(F)(F)C(F)(F)C(F)(F)C(F)(F)C(F)(F)C(F)(F)F)cc1. The third-order valence-corrected chi connectivity index (χ3v) is 5.82. The van der Waals surface area contributed by atoms with Crippen molar-refractivity contribution in [2.75, 3.05) is 5.75 Å². The van der Waals surface area contributed by atoms with Gasteiger partial charge in [-0.1, -0.05) is 0 Å². The van der Waals surface area contributed by atoms with Gasteiger partial charge in [-0.15, -0.1) is 0 Å². The first-order chi connectivity index (χ1) is 14.4. The Labute approximate surface area is 174 Å². The van der Waals surface area contributed by atoms with Crippen molar-refractivity contribution in [2.45, 2.75) is 47.1 Å². The highest BCUT2D eigenvalue weighted by Crippen LogP contribution is 2.60. The molecule has 0 N–H and O–H groups in total. The molecule has 1 aromatic carbocycles. The number of nitrogens with zero attached hydrogens (tertiary/aromatic N) is 1. The first kappa shape index (κ1) is 28.7. The van der Waals surface area contributed by atoms with Gasteiger partial charge in [0, 0.05) is 18.6 Å². The number of halogens is 13. The number of nitro benzene ring substituents is 1. The van der Waals surface area contributed by atoms with Crippen LogP contribution < -0.4 is 0 Å². The zero-order valence-electron chi connectivity index (χ0n) is 15.1. The number of sulfone groups is 1. The maximum Gasteiger partial charge on any atom is 0.460 e. The molecule has 0 saturated heterocycles. The van der Waals surface area contributed by atoms with E-state index < -0.39 is 73.3 Å². The van der Waals surface area contributed by atoms with Gasteiger partial charge in [0.15, 0.2) is 9.84 Å². The molecule has 0 unspecified atom stereocenters. The van der Waals surface area contributed by atoms with Crippen LogP contribution in [0.1, 0.15) is 6.42 Å². The van der Waals surface area contributed by atoms with Crippen LogP contribution in [0.25, 0.3) is 0 Å². The molecule has 0 heterocycles. The Balaban J connectivity index is 3.28. The maximum absolute atomic E-state index is 13.7. The minimum atomic E-state index is -8.08. The Bertz CT molecular complexity index is 987. The van der Waals surface area contributed by atoms with Crippen molar-refractivity contribution in [3.63, 3.8) is 0 Å². The van der Waals surface area contributed by atoms with Gasteiger partial charge in [0.1, 0.15) is 0 Å². The second-order valence-electron chi connectivity index (χ2n) is 6.32. The molecule has 19 heteroatoms. The van der Waals surface area contributed by atoms with Gasteiger partial charge < -0.3 is 0 Å². The summed E-state index contributed by atoms with van der Waals surface area (Å²) in [5.41, 5.74) is -0.724. The summed E-state index contributed by atoms with van der Waals surface area (Å²) in [5, 5.41) is 10.5. The van der Waals surface area contributed by atoms with E-state index in [-0.39, 0.29) is 0 Å². The fourth-order valence-corrected chi connectivity index (χ4v) is 3.43. The maximum atomic E-state index is 13.7. The first-order valence-electron chi connectivity index (χ1n) is 7.80. The summed E-state index contributed by atoms with van der Waals surface area (Å²) in [5.74, 6) is -40.3. The Morgan fingerprint density at radius 1 is 0.697 bits per heavy atom. The molecule has 1 aromatic rings. The lowest BCUT2D eigenvalue weighted by molar-refractivity contribution is -0.439. The average Bonchev–Trinajstić information content (AvgIpc) is 2.65. The summed E-state index contributed by atoms with van der Waals surface area (Å²) in [6, 6.07) is 1.84. The monoisotopic (exact) mass is 533 g/mol. The topological polar surface area (TPSA) is 77.3 Å². The molecule has 0 aliphatic heterocycles. The minimum Gasteiger partial charge on any atom is -0.258 e. The molecule has 0 atom stereocenters. The minimum absolute atomic E-state index is 0.413. The Morgan fingerprint density at radius 2 is 1.09 bits per heavy atom. The quantitative estimate of drug-likeness (QED) is 0.239. The molecule has 0 aromatic heterocycles. The second kappa shape index (κ2) is 8.15. The number of non-ortho nitro benzene ring substituents is 1. The third kappa shape index (κ3) is 4.68. The van der Waals surface area contributed by atoms with Crippen LogP contribution in [0.4, 0.5) is 62.8 Å². The average molecular weight is 533 g/mol. The van der Waals surface area contributed by atoms with E-state index in [9.17, 15) is 75.6 Å². The lowest BCUT2D eigenvalue weighted by Gasteiger charge is -2.39. The van der Waals surface area contributed by atoms with Gasteiger partial charge in [0.2, 0.25) is 0 Å². The van der Waals surface area contributed by atoms with E-state index in [1.807, 2.05) is 0 Å². The fraction of sp³-hybridized carbons (Fsp3) is 0.571. The van der Waals surface area contributed by atoms with Crippen molar-refractivity contribution in [3.8, 4) is 0 Å². The molecular formula is C14H8F13NO4S. The molecular weight excluding hydrogens is 525 g/mol. The summed E-state index contributed by atoms with van der Waals surface area (Å²) in [4.78, 5) is 8.37. The van der Waals surface area contributed by atoms with Gasteiger partial charge in [-0.3, -0.25) is 10.1 Å². The van der Waals surface area contributed by atoms with E-state index in [0.717, 1.165) is 0 Å². The van der Waals surface area contributed by atoms with Gasteiger partial charge in [-0.2, -0.15) is 57.1 Å². The van der Waals surface area contributed by atoms with Crippen molar-refractivity contribution >= 4 is 15.5 Å². The highest BCUT2D eigenvalue weighted by molar-refractivity contribution is 7.91. The predicted molar refractivity (Wildman–Crippen MR) is 80.6 cm³/mol. The number of hydrogen-bond acceptors (Lipinski definition) is 4. The summed E-state index contributed by atoms with van der Waals surface area (Å²) in [7, 11) is -5.13. The number of hydrogen-bond donors (Lipinski definition) is 0. The number of benzene rings is 1. The van der Waals surface area contributed by atoms with Gasteiger partial charge in [0.05, 0.1) is 15.6 Å². The van der Waals surface area contributed by atoms with Crippen LogP contribution in [0.15, 0.2) is 29.2 Å². The van der Waals surface area contributed by atoms with Crippen LogP contribution in [0.5, 0.6) is 0 Å². The molecule has 0 radical (unpaired) electrons. The van der Waals surface area contributed by atoms with E-state index in [1.54, 1.807) is 0 Å². The molecule has 33 heavy (non-hydrogen) atoms. The zero-order chi connectivity index (χ0) is 26.5. The highest BCUT2D eigenvalue weighted by Gasteiger charge is 2.90. The largest absolute Gasteiger partial charge is 0.460 e. The van der Waals surface area contributed by atoms with Crippen LogP contribution in [0.2, 0.25) is 0 Å². The first-order valence-corrected chi connectivity index (χ1v) is 9.45. The third-order valence-electron chi connectivity index (χ3n) is 4.09. The molecule has 1 rings (SSSR count). The van der Waals surface area contributed by atoms with Gasteiger partial charge in [-0.25, -0.2) is 8.42 Å². The lowest BCUT2D eigenvalue weighted by atomic mass is 9.93. The van der Waals surface area contributed by atoms with Crippen LogP contribution in [-0.4, -0.2) is 54.9 Å². The Hall–Kier alpha value is -2.34. The van der Waals surface area contributed by atoms with Crippen LogP contribution in [0, 0.1) is 10.1 Å². The normalized spacial score (nSPS) is 14.9. The van der Waals surface area contributed by atoms with E-state index >= 15 is 0 Å². The zero-order valence-corrected chi connectivity index (χ0v) is 15.9. The van der Waals surface area contributed by atoms with Crippen molar-refractivity contribution in [2.24, 2.45) is 0 Å². The fourth-order valence-electron chi connectivity index (χ4n) is 2.11. The molecule has 0 aliphatic rings. The smallest absolute Gasteiger partial charge is 0.258 e. The molecule has 0 saturated carbocycles. The standard InChI is InChI=1S/C14H8F13NO4S/c15-9(16,5-6-33(31,32)8-3-1-7(2-4-8)28(29)30)10(17,18)11(19,20)12(21,22)13(23,24)14(25,26)27/h1-4H,5-6H2. The summed E-state index contributed by atoms with van der Waals surface area (Å²) in [6.07, 6.45) is -10.5. The van der Waals surface area contributed by atoms with Gasteiger partial charge in [-0.05, 0) is 12.1 Å². The molecule has 190 valence electrons. The molecule has 0 bridgehead atoms. The van der Waals surface area contributed by atoms with Crippen molar-refractivity contribution in [1.29, 1.82) is 0 Å². The van der Waals surface area contributed by atoms with Gasteiger partial charge in [0.25, 0.3) is 5.69 Å². The van der Waals surface area contributed by atoms with Crippen molar-refractivity contribution in [3.05, 3.63) is 34.4 Å². The molecule has 0 aliphatic carbocycles. The van der Waals surface area contributed by atoms with Gasteiger partial charge >= 0.3 is 35.8 Å². The number of alkyl halides is 13. The van der Waals surface area contributed by atoms with Crippen molar-refractivity contribution < 1.29 is 70.4 Å². The molecule has 0 amide bonds. The molecule has 0 fully saturated rings. The number of nitro groups is 1. The predicted octanol–water partition coefficient (Wildman–Crippen LogP) is 5.50. The van der Waals surface area contributed by atoms with E-state index in [1.165, 1.54) is 0 Å². The Kier molecular flexibility index (Phi) is 7.09. The highest BCUT2D eigenvalue weighted by atomic mass is 32.2. The van der Waals surface area contributed by atoms with Crippen LogP contribution in [-0.2, 0) is 9.84 Å². The van der Waals surface area contributed by atoms with Crippen molar-refractivity contribution in [1.82, 2.24) is 0 Å². The Morgan fingerprint density at radius 3 is 1.45 bits per heavy atom. The second-order valence-corrected chi connectivity index (χ2v) is 8.43. The lowest BCUT2D eigenvalue weighted by Crippen LogP contribution is -2.70. The van der Waals surface area contributed by atoms with E-state index in [2.05, 4.69) is 0 Å².